The van der Waals surface area contributed by atoms with Crippen LogP contribution in [-0.2, 0) is 20.1 Å². The average molecular weight is 246 g/mol. The molecule has 0 aliphatic rings. The van der Waals surface area contributed by atoms with E-state index in [2.05, 4.69) is 10.1 Å². The van der Waals surface area contributed by atoms with Crippen LogP contribution >= 0.6 is 0 Å². The number of aryl methyl sites for hydroxylation is 1. The zero-order chi connectivity index (χ0) is 13.0. The third-order valence-corrected chi connectivity index (χ3v) is 2.49. The molecule has 1 unspecified atom stereocenters. The van der Waals surface area contributed by atoms with Gasteiger partial charge in [0, 0.05) is 37.0 Å². The largest absolute Gasteiger partial charge is 0.487 e. The molecule has 0 bridgehead atoms. The maximum atomic E-state index is 5.72. The van der Waals surface area contributed by atoms with Gasteiger partial charge in [-0.25, -0.2) is 0 Å². The molecule has 0 saturated carbocycles. The summed E-state index contributed by atoms with van der Waals surface area (Å²) in [4.78, 5) is 4.31. The van der Waals surface area contributed by atoms with Gasteiger partial charge < -0.3 is 10.5 Å². The summed E-state index contributed by atoms with van der Waals surface area (Å²) in [6, 6.07) is 3.99. The molecule has 5 nitrogen and oxygen atoms in total. The fraction of sp³-hybridized carbons (Fsp3) is 0.385. The van der Waals surface area contributed by atoms with Crippen LogP contribution in [-0.4, -0.2) is 20.8 Å². The Morgan fingerprint density at radius 1 is 1.39 bits per heavy atom. The van der Waals surface area contributed by atoms with E-state index in [0.717, 1.165) is 23.4 Å². The molecule has 2 heterocycles. The fourth-order valence-corrected chi connectivity index (χ4v) is 1.66. The molecule has 0 saturated heterocycles. The summed E-state index contributed by atoms with van der Waals surface area (Å²) in [5.74, 6) is 0.757. The number of rotatable bonds is 5. The zero-order valence-corrected chi connectivity index (χ0v) is 10.7. The third kappa shape index (κ3) is 3.56. The predicted molar refractivity (Wildman–Crippen MR) is 69.1 cm³/mol. The van der Waals surface area contributed by atoms with Crippen molar-refractivity contribution >= 4 is 0 Å². The molecule has 0 fully saturated rings. The van der Waals surface area contributed by atoms with Gasteiger partial charge in [-0.05, 0) is 19.1 Å². The van der Waals surface area contributed by atoms with Gasteiger partial charge in [-0.3, -0.25) is 9.67 Å². The van der Waals surface area contributed by atoms with E-state index in [9.17, 15) is 0 Å². The number of nitrogens with two attached hydrogens (primary N) is 1. The van der Waals surface area contributed by atoms with E-state index in [-0.39, 0.29) is 6.04 Å². The lowest BCUT2D eigenvalue weighted by Gasteiger charge is -2.07. The van der Waals surface area contributed by atoms with Crippen LogP contribution in [0.5, 0.6) is 5.75 Å². The highest BCUT2D eigenvalue weighted by Gasteiger charge is 2.01. The molecule has 2 aromatic heterocycles. The lowest BCUT2D eigenvalue weighted by molar-refractivity contribution is 0.304. The first-order valence-corrected chi connectivity index (χ1v) is 5.94. The quantitative estimate of drug-likeness (QED) is 0.863. The number of nitrogens with zero attached hydrogens (tertiary/aromatic N) is 3. The smallest absolute Gasteiger partial charge is 0.138 e. The maximum Gasteiger partial charge on any atom is 0.138 e. The lowest BCUT2D eigenvalue weighted by Crippen LogP contribution is -2.18. The molecule has 0 aromatic carbocycles. The van der Waals surface area contributed by atoms with Crippen molar-refractivity contribution in [3.63, 3.8) is 0 Å². The summed E-state index contributed by atoms with van der Waals surface area (Å²) >= 11 is 0. The summed E-state index contributed by atoms with van der Waals surface area (Å²) in [7, 11) is 1.88. The Kier molecular flexibility index (Phi) is 3.94. The number of ether oxygens (including phenoxy) is 1. The molecular formula is C13H18N4O. The first-order valence-electron chi connectivity index (χ1n) is 5.94. The van der Waals surface area contributed by atoms with Crippen LogP contribution in [0.4, 0.5) is 0 Å². The first-order chi connectivity index (χ1) is 8.63. The van der Waals surface area contributed by atoms with Crippen molar-refractivity contribution in [3.8, 4) is 5.75 Å². The Morgan fingerprint density at radius 2 is 2.22 bits per heavy atom. The monoisotopic (exact) mass is 246 g/mol. The van der Waals surface area contributed by atoms with Crippen LogP contribution in [0, 0.1) is 0 Å². The number of pyridine rings is 1. The highest BCUT2D eigenvalue weighted by molar-refractivity contribution is 5.20. The van der Waals surface area contributed by atoms with Crippen molar-refractivity contribution in [2.45, 2.75) is 26.0 Å². The SMILES string of the molecule is CC(N)Cc1ccc(OCc2cnn(C)c2)cn1. The van der Waals surface area contributed by atoms with Crippen LogP contribution in [0.1, 0.15) is 18.2 Å². The summed E-state index contributed by atoms with van der Waals surface area (Å²) < 4.78 is 7.37. The van der Waals surface area contributed by atoms with Crippen LogP contribution in [0.15, 0.2) is 30.7 Å². The molecule has 1 atom stereocenters. The minimum atomic E-state index is 0.125. The van der Waals surface area contributed by atoms with Gasteiger partial charge in [0.2, 0.25) is 0 Å². The molecule has 18 heavy (non-hydrogen) atoms. The van der Waals surface area contributed by atoms with Gasteiger partial charge in [0.1, 0.15) is 12.4 Å². The van der Waals surface area contributed by atoms with Crippen molar-refractivity contribution in [2.75, 3.05) is 0 Å². The van der Waals surface area contributed by atoms with E-state index in [1.807, 2.05) is 32.3 Å². The Bertz CT molecular complexity index is 490. The standard InChI is InChI=1S/C13H18N4O/c1-10(14)5-12-3-4-13(7-15-12)18-9-11-6-16-17(2)8-11/h3-4,6-8,10H,5,9,14H2,1-2H3. The van der Waals surface area contributed by atoms with Gasteiger partial charge in [0.25, 0.3) is 0 Å². The Morgan fingerprint density at radius 3 is 2.78 bits per heavy atom. The second kappa shape index (κ2) is 5.64. The van der Waals surface area contributed by atoms with Crippen LogP contribution in [0.2, 0.25) is 0 Å². The molecule has 5 heteroatoms. The van der Waals surface area contributed by atoms with Gasteiger partial charge in [-0.1, -0.05) is 0 Å². The van der Waals surface area contributed by atoms with Crippen LogP contribution in [0.25, 0.3) is 0 Å². The normalized spacial score (nSPS) is 12.4. The molecule has 0 amide bonds. The summed E-state index contributed by atoms with van der Waals surface area (Å²) in [5, 5.41) is 4.08. The number of hydrogen-bond acceptors (Lipinski definition) is 4. The van der Waals surface area contributed by atoms with Crippen molar-refractivity contribution in [3.05, 3.63) is 42.0 Å². The first kappa shape index (κ1) is 12.6. The minimum absolute atomic E-state index is 0.125. The predicted octanol–water partition coefficient (Wildman–Crippen LogP) is 1.28. The van der Waals surface area contributed by atoms with E-state index in [1.165, 1.54) is 0 Å². The Balaban J connectivity index is 1.90. The summed E-state index contributed by atoms with van der Waals surface area (Å²) in [6.45, 7) is 2.47. The van der Waals surface area contributed by atoms with E-state index in [4.69, 9.17) is 10.5 Å². The van der Waals surface area contributed by atoms with Gasteiger partial charge in [0.05, 0.1) is 12.4 Å². The maximum absolute atomic E-state index is 5.72. The second-order valence-corrected chi connectivity index (χ2v) is 4.48. The average Bonchev–Trinajstić information content (AvgIpc) is 2.74. The van der Waals surface area contributed by atoms with E-state index in [1.54, 1.807) is 17.1 Å². The molecule has 0 spiro atoms. The third-order valence-electron chi connectivity index (χ3n) is 2.49. The Labute approximate surface area is 107 Å². The van der Waals surface area contributed by atoms with Crippen molar-refractivity contribution < 1.29 is 4.74 Å². The molecule has 0 aliphatic heterocycles. The number of aromatic nitrogens is 3. The molecule has 2 N–H and O–H groups in total. The van der Waals surface area contributed by atoms with E-state index in [0.29, 0.717) is 6.61 Å². The van der Waals surface area contributed by atoms with Crippen molar-refractivity contribution in [2.24, 2.45) is 12.8 Å². The lowest BCUT2D eigenvalue weighted by atomic mass is 10.2. The fourth-order valence-electron chi connectivity index (χ4n) is 1.66. The molecule has 96 valence electrons. The highest BCUT2D eigenvalue weighted by Crippen LogP contribution is 2.12. The summed E-state index contributed by atoms with van der Waals surface area (Å²) in [6.07, 6.45) is 6.23. The van der Waals surface area contributed by atoms with E-state index >= 15 is 0 Å². The molecule has 0 aliphatic carbocycles. The molecule has 2 rings (SSSR count). The van der Waals surface area contributed by atoms with Crippen molar-refractivity contribution in [1.29, 1.82) is 0 Å². The highest BCUT2D eigenvalue weighted by atomic mass is 16.5. The minimum Gasteiger partial charge on any atom is -0.487 e. The van der Waals surface area contributed by atoms with Gasteiger partial charge in [-0.15, -0.1) is 0 Å². The topological polar surface area (TPSA) is 66.0 Å². The van der Waals surface area contributed by atoms with Crippen LogP contribution < -0.4 is 10.5 Å². The second-order valence-electron chi connectivity index (χ2n) is 4.48. The van der Waals surface area contributed by atoms with Gasteiger partial charge in [0.15, 0.2) is 0 Å². The molecule has 2 aromatic rings. The van der Waals surface area contributed by atoms with Gasteiger partial charge in [-0.2, -0.15) is 5.10 Å². The number of hydrogen-bond donors (Lipinski definition) is 1. The molecule has 0 radical (unpaired) electrons. The van der Waals surface area contributed by atoms with Crippen LogP contribution in [0.3, 0.4) is 0 Å². The summed E-state index contributed by atoms with van der Waals surface area (Å²) in [5.41, 5.74) is 7.74. The van der Waals surface area contributed by atoms with Crippen molar-refractivity contribution in [1.82, 2.24) is 14.8 Å². The zero-order valence-electron chi connectivity index (χ0n) is 10.7. The Hall–Kier alpha value is -1.88. The van der Waals surface area contributed by atoms with Gasteiger partial charge >= 0.3 is 0 Å². The van der Waals surface area contributed by atoms with E-state index < -0.39 is 0 Å². The molecular weight excluding hydrogens is 228 g/mol.